The van der Waals surface area contributed by atoms with Crippen LogP contribution in [0.5, 0.6) is 0 Å². The molecule has 0 N–H and O–H groups in total. The highest BCUT2D eigenvalue weighted by molar-refractivity contribution is 5.88. The number of halogens is 4. The Morgan fingerprint density at radius 3 is 2.44 bits per heavy atom. The average molecular weight is 256 g/mol. The van der Waals surface area contributed by atoms with Crippen LogP contribution in [0.4, 0.5) is 13.2 Å². The Labute approximate surface area is 96.0 Å². The van der Waals surface area contributed by atoms with Crippen molar-refractivity contribution < 1.29 is 22.7 Å². The molecular formula is C9H9ClF3NO2. The normalized spacial score (nSPS) is 10.5. The summed E-state index contributed by atoms with van der Waals surface area (Å²) < 4.78 is 40.9. The van der Waals surface area contributed by atoms with Gasteiger partial charge < -0.3 is 4.74 Å². The van der Waals surface area contributed by atoms with Gasteiger partial charge in [0.25, 0.3) is 0 Å². The van der Waals surface area contributed by atoms with E-state index in [0.29, 0.717) is 0 Å². The molecule has 0 spiro atoms. The van der Waals surface area contributed by atoms with Crippen LogP contribution in [0, 0.1) is 0 Å². The van der Waals surface area contributed by atoms with E-state index in [1.165, 1.54) is 0 Å². The van der Waals surface area contributed by atoms with Crippen molar-refractivity contribution in [3.8, 4) is 0 Å². The van der Waals surface area contributed by atoms with E-state index in [0.717, 1.165) is 18.3 Å². The van der Waals surface area contributed by atoms with Gasteiger partial charge in [0.05, 0.1) is 12.2 Å². The molecule has 0 aliphatic carbocycles. The maximum Gasteiger partial charge on any atom is 0.433 e. The molecule has 1 aromatic heterocycles. The Kier molecular flexibility index (Phi) is 5.23. The van der Waals surface area contributed by atoms with Gasteiger partial charge in [-0.2, -0.15) is 13.2 Å². The molecule has 0 aromatic carbocycles. The quantitative estimate of drug-likeness (QED) is 0.763. The van der Waals surface area contributed by atoms with E-state index in [1.807, 2.05) is 0 Å². The number of alkyl halides is 3. The summed E-state index contributed by atoms with van der Waals surface area (Å²) in [6.45, 7) is 1.77. The van der Waals surface area contributed by atoms with E-state index in [1.54, 1.807) is 6.92 Å². The first-order valence-corrected chi connectivity index (χ1v) is 4.15. The van der Waals surface area contributed by atoms with Crippen LogP contribution < -0.4 is 0 Å². The SMILES string of the molecule is CCOC(=O)c1ccc(C(F)(F)F)nc1.Cl. The van der Waals surface area contributed by atoms with Crippen molar-refractivity contribution in [1.29, 1.82) is 0 Å². The second-order valence-corrected chi connectivity index (χ2v) is 2.65. The smallest absolute Gasteiger partial charge is 0.433 e. The summed E-state index contributed by atoms with van der Waals surface area (Å²) in [5, 5.41) is 0. The molecule has 1 heterocycles. The van der Waals surface area contributed by atoms with Gasteiger partial charge >= 0.3 is 12.1 Å². The Hall–Kier alpha value is -1.30. The Bertz CT molecular complexity index is 351. The number of nitrogens with zero attached hydrogens (tertiary/aromatic N) is 1. The third-order valence-corrected chi connectivity index (χ3v) is 1.57. The third kappa shape index (κ3) is 3.69. The van der Waals surface area contributed by atoms with Gasteiger partial charge in [-0.3, -0.25) is 4.98 Å². The van der Waals surface area contributed by atoms with Gasteiger partial charge in [-0.25, -0.2) is 4.79 Å². The predicted molar refractivity (Wildman–Crippen MR) is 52.4 cm³/mol. The number of aromatic nitrogens is 1. The van der Waals surface area contributed by atoms with E-state index >= 15 is 0 Å². The van der Waals surface area contributed by atoms with Crippen LogP contribution in [0.25, 0.3) is 0 Å². The average Bonchev–Trinajstić information content (AvgIpc) is 2.17. The van der Waals surface area contributed by atoms with Gasteiger partial charge in [0.15, 0.2) is 0 Å². The van der Waals surface area contributed by atoms with Crippen LogP contribution in [-0.2, 0) is 10.9 Å². The number of rotatable bonds is 2. The molecule has 90 valence electrons. The summed E-state index contributed by atoms with van der Waals surface area (Å²) in [5.74, 6) is -0.682. The molecule has 0 aliphatic rings. The molecule has 0 radical (unpaired) electrons. The van der Waals surface area contributed by atoms with Crippen molar-refractivity contribution in [1.82, 2.24) is 4.98 Å². The molecule has 1 rings (SSSR count). The zero-order valence-electron chi connectivity index (χ0n) is 8.25. The number of pyridine rings is 1. The minimum Gasteiger partial charge on any atom is -0.462 e. The van der Waals surface area contributed by atoms with Crippen LogP contribution in [0.3, 0.4) is 0 Å². The van der Waals surface area contributed by atoms with E-state index < -0.39 is 17.8 Å². The molecule has 1 aromatic rings. The molecule has 0 bridgehead atoms. The maximum atomic E-state index is 12.1. The minimum absolute atomic E-state index is 0. The molecule has 16 heavy (non-hydrogen) atoms. The van der Waals surface area contributed by atoms with Gasteiger partial charge in [0.2, 0.25) is 0 Å². The predicted octanol–water partition coefficient (Wildman–Crippen LogP) is 2.70. The van der Waals surface area contributed by atoms with Crippen LogP contribution in [-0.4, -0.2) is 17.6 Å². The summed E-state index contributed by atoms with van der Waals surface area (Å²) in [5.41, 5.74) is -1.03. The number of hydrogen-bond donors (Lipinski definition) is 0. The fraction of sp³-hybridized carbons (Fsp3) is 0.333. The largest absolute Gasteiger partial charge is 0.462 e. The third-order valence-electron chi connectivity index (χ3n) is 1.57. The lowest BCUT2D eigenvalue weighted by Gasteiger charge is -2.05. The summed E-state index contributed by atoms with van der Waals surface area (Å²) in [6.07, 6.45) is -3.64. The Balaban J connectivity index is 0.00000225. The molecule has 0 aliphatic heterocycles. The second-order valence-electron chi connectivity index (χ2n) is 2.65. The highest BCUT2D eigenvalue weighted by Gasteiger charge is 2.32. The molecule has 0 saturated carbocycles. The number of hydrogen-bond acceptors (Lipinski definition) is 3. The lowest BCUT2D eigenvalue weighted by Crippen LogP contribution is -2.10. The number of carbonyl (C=O) groups excluding carboxylic acids is 1. The zero-order chi connectivity index (χ0) is 11.5. The van der Waals surface area contributed by atoms with Crippen LogP contribution in [0.1, 0.15) is 23.0 Å². The van der Waals surface area contributed by atoms with Gasteiger partial charge in [-0.15, -0.1) is 12.4 Å². The summed E-state index contributed by atoms with van der Waals surface area (Å²) in [7, 11) is 0. The molecule has 3 nitrogen and oxygen atoms in total. The topological polar surface area (TPSA) is 39.2 Å². The summed E-state index contributed by atoms with van der Waals surface area (Å²) in [6, 6.07) is 1.78. The Morgan fingerprint density at radius 2 is 2.06 bits per heavy atom. The standard InChI is InChI=1S/C9H8F3NO2.ClH/c1-2-15-8(14)6-3-4-7(13-5-6)9(10,11)12;/h3-5H,2H2,1H3;1H. The molecule has 0 unspecified atom stereocenters. The van der Waals surface area contributed by atoms with Crippen molar-refractivity contribution in [3.05, 3.63) is 29.6 Å². The first kappa shape index (κ1) is 14.7. The van der Waals surface area contributed by atoms with E-state index in [4.69, 9.17) is 0 Å². The maximum absolute atomic E-state index is 12.1. The van der Waals surface area contributed by atoms with Crippen LogP contribution in [0.2, 0.25) is 0 Å². The highest BCUT2D eigenvalue weighted by atomic mass is 35.5. The lowest BCUT2D eigenvalue weighted by molar-refractivity contribution is -0.141. The molecular weight excluding hydrogens is 247 g/mol. The zero-order valence-corrected chi connectivity index (χ0v) is 9.06. The monoisotopic (exact) mass is 255 g/mol. The van der Waals surface area contributed by atoms with Crippen molar-refractivity contribution in [3.63, 3.8) is 0 Å². The number of carbonyl (C=O) groups is 1. The van der Waals surface area contributed by atoms with Crippen LogP contribution >= 0.6 is 12.4 Å². The first-order chi connectivity index (χ1) is 6.95. The molecule has 0 fully saturated rings. The molecule has 0 amide bonds. The number of esters is 1. The second kappa shape index (κ2) is 5.69. The highest BCUT2D eigenvalue weighted by Crippen LogP contribution is 2.27. The van der Waals surface area contributed by atoms with Crippen molar-refractivity contribution in [2.45, 2.75) is 13.1 Å². The van der Waals surface area contributed by atoms with E-state index in [-0.39, 0.29) is 24.6 Å². The molecule has 0 atom stereocenters. The van der Waals surface area contributed by atoms with Gasteiger partial charge in [0.1, 0.15) is 5.69 Å². The van der Waals surface area contributed by atoms with Crippen molar-refractivity contribution in [2.75, 3.05) is 6.61 Å². The van der Waals surface area contributed by atoms with E-state index in [2.05, 4.69) is 9.72 Å². The lowest BCUT2D eigenvalue weighted by atomic mass is 10.2. The van der Waals surface area contributed by atoms with E-state index in [9.17, 15) is 18.0 Å². The summed E-state index contributed by atoms with van der Waals surface area (Å²) >= 11 is 0. The van der Waals surface area contributed by atoms with Crippen molar-refractivity contribution in [2.24, 2.45) is 0 Å². The molecule has 0 saturated heterocycles. The fourth-order valence-electron chi connectivity index (χ4n) is 0.897. The van der Waals surface area contributed by atoms with Gasteiger partial charge in [-0.1, -0.05) is 0 Å². The molecule has 7 heteroatoms. The van der Waals surface area contributed by atoms with Crippen molar-refractivity contribution >= 4 is 18.4 Å². The van der Waals surface area contributed by atoms with Gasteiger partial charge in [0, 0.05) is 6.20 Å². The summed E-state index contributed by atoms with van der Waals surface area (Å²) in [4.78, 5) is 14.2. The minimum atomic E-state index is -4.49. The first-order valence-electron chi connectivity index (χ1n) is 4.15. The number of ether oxygens (including phenoxy) is 1. The van der Waals surface area contributed by atoms with Crippen LogP contribution in [0.15, 0.2) is 18.3 Å². The Morgan fingerprint density at radius 1 is 1.44 bits per heavy atom. The van der Waals surface area contributed by atoms with Gasteiger partial charge in [-0.05, 0) is 19.1 Å². The fourth-order valence-corrected chi connectivity index (χ4v) is 0.897.